The number of rotatable bonds is 6. The fourth-order valence-corrected chi connectivity index (χ4v) is 3.15. The summed E-state index contributed by atoms with van der Waals surface area (Å²) in [4.78, 5) is 10.7. The standard InChI is InChI=1S/C20H21NO/c1-2-17(11-8-14-22)21-15-19(16-9-4-3-5-10-16)18-12-6-7-13-20(18)21/h3-7,9-10,12-15,17H,2,8,11H2,1H3/t17-/m1/s1. The van der Waals surface area contributed by atoms with Gasteiger partial charge in [0.1, 0.15) is 6.29 Å². The normalized spacial score (nSPS) is 12.4. The van der Waals surface area contributed by atoms with Crippen molar-refractivity contribution in [3.63, 3.8) is 0 Å². The first-order chi connectivity index (χ1) is 10.8. The first-order valence-corrected chi connectivity index (χ1v) is 7.93. The van der Waals surface area contributed by atoms with Crippen molar-refractivity contribution in [2.24, 2.45) is 0 Å². The Bertz CT molecular complexity index is 758. The molecule has 112 valence electrons. The molecule has 3 rings (SSSR count). The third-order valence-corrected chi connectivity index (χ3v) is 4.31. The predicted octanol–water partition coefficient (Wildman–Crippen LogP) is 5.24. The molecule has 0 aliphatic carbocycles. The molecule has 0 aliphatic rings. The van der Waals surface area contributed by atoms with Gasteiger partial charge in [-0.15, -0.1) is 0 Å². The molecule has 0 amide bonds. The van der Waals surface area contributed by atoms with Crippen LogP contribution in [-0.4, -0.2) is 10.9 Å². The maximum atomic E-state index is 10.7. The fourth-order valence-electron chi connectivity index (χ4n) is 3.15. The lowest BCUT2D eigenvalue weighted by Gasteiger charge is -2.17. The number of para-hydroxylation sites is 1. The molecule has 0 unspecified atom stereocenters. The minimum Gasteiger partial charge on any atom is -0.344 e. The van der Waals surface area contributed by atoms with Gasteiger partial charge in [0.05, 0.1) is 0 Å². The van der Waals surface area contributed by atoms with Crippen LogP contribution in [0.4, 0.5) is 0 Å². The number of carbonyl (C=O) groups is 1. The van der Waals surface area contributed by atoms with Gasteiger partial charge in [-0.2, -0.15) is 0 Å². The number of hydrogen-bond donors (Lipinski definition) is 0. The second-order valence-electron chi connectivity index (χ2n) is 5.64. The molecule has 22 heavy (non-hydrogen) atoms. The molecule has 0 spiro atoms. The van der Waals surface area contributed by atoms with Crippen LogP contribution in [0.2, 0.25) is 0 Å². The first-order valence-electron chi connectivity index (χ1n) is 7.93. The van der Waals surface area contributed by atoms with Gasteiger partial charge in [0, 0.05) is 35.1 Å². The van der Waals surface area contributed by atoms with Gasteiger partial charge in [0.15, 0.2) is 0 Å². The van der Waals surface area contributed by atoms with E-state index in [0.717, 1.165) is 19.1 Å². The highest BCUT2D eigenvalue weighted by molar-refractivity contribution is 5.96. The minimum absolute atomic E-state index is 0.368. The van der Waals surface area contributed by atoms with Crippen LogP contribution < -0.4 is 0 Å². The largest absolute Gasteiger partial charge is 0.344 e. The van der Waals surface area contributed by atoms with Crippen LogP contribution in [0.1, 0.15) is 32.2 Å². The van der Waals surface area contributed by atoms with Gasteiger partial charge in [0.25, 0.3) is 0 Å². The van der Waals surface area contributed by atoms with Crippen molar-refractivity contribution in [2.45, 2.75) is 32.2 Å². The number of fused-ring (bicyclic) bond motifs is 1. The van der Waals surface area contributed by atoms with E-state index in [1.165, 1.54) is 22.0 Å². The molecule has 3 aromatic rings. The van der Waals surface area contributed by atoms with Crippen molar-refractivity contribution in [1.29, 1.82) is 0 Å². The Morgan fingerprint density at radius 1 is 1.05 bits per heavy atom. The number of hydrogen-bond acceptors (Lipinski definition) is 1. The molecule has 1 aromatic heterocycles. The SMILES string of the molecule is CC[C@H](CCC=O)n1cc(-c2ccccc2)c2ccccc21. The van der Waals surface area contributed by atoms with Crippen LogP contribution >= 0.6 is 0 Å². The van der Waals surface area contributed by atoms with Gasteiger partial charge in [-0.05, 0) is 24.5 Å². The van der Waals surface area contributed by atoms with Gasteiger partial charge >= 0.3 is 0 Å². The second-order valence-corrected chi connectivity index (χ2v) is 5.64. The molecule has 0 bridgehead atoms. The fraction of sp³-hybridized carbons (Fsp3) is 0.250. The minimum atomic E-state index is 0.368. The lowest BCUT2D eigenvalue weighted by molar-refractivity contribution is -0.108. The van der Waals surface area contributed by atoms with E-state index in [-0.39, 0.29) is 0 Å². The topological polar surface area (TPSA) is 22.0 Å². The van der Waals surface area contributed by atoms with Crippen LogP contribution in [0.15, 0.2) is 60.8 Å². The summed E-state index contributed by atoms with van der Waals surface area (Å²) < 4.78 is 2.35. The molecular weight excluding hydrogens is 270 g/mol. The van der Waals surface area contributed by atoms with Crippen molar-refractivity contribution in [1.82, 2.24) is 4.57 Å². The molecule has 0 saturated carbocycles. The number of nitrogens with zero attached hydrogens (tertiary/aromatic N) is 1. The third-order valence-electron chi connectivity index (χ3n) is 4.31. The van der Waals surface area contributed by atoms with Gasteiger partial charge in [-0.3, -0.25) is 0 Å². The highest BCUT2D eigenvalue weighted by atomic mass is 16.1. The monoisotopic (exact) mass is 291 g/mol. The Kier molecular flexibility index (Phi) is 4.38. The Hall–Kier alpha value is -2.35. The van der Waals surface area contributed by atoms with Crippen LogP contribution in [0.5, 0.6) is 0 Å². The van der Waals surface area contributed by atoms with Crippen LogP contribution in [0.3, 0.4) is 0 Å². The Labute approximate surface area is 131 Å². The number of aromatic nitrogens is 1. The Balaban J connectivity index is 2.13. The summed E-state index contributed by atoms with van der Waals surface area (Å²) in [5.41, 5.74) is 3.75. The molecule has 2 heteroatoms. The van der Waals surface area contributed by atoms with Crippen LogP contribution in [-0.2, 0) is 4.79 Å². The van der Waals surface area contributed by atoms with E-state index in [1.807, 2.05) is 6.07 Å². The van der Waals surface area contributed by atoms with Gasteiger partial charge in [0.2, 0.25) is 0 Å². The maximum Gasteiger partial charge on any atom is 0.120 e. The molecule has 0 fully saturated rings. The van der Waals surface area contributed by atoms with Crippen LogP contribution in [0.25, 0.3) is 22.0 Å². The van der Waals surface area contributed by atoms with E-state index in [0.29, 0.717) is 12.5 Å². The molecule has 2 aromatic carbocycles. The summed E-state index contributed by atoms with van der Waals surface area (Å²) in [6.07, 6.45) is 5.81. The average molecular weight is 291 g/mol. The second kappa shape index (κ2) is 6.61. The highest BCUT2D eigenvalue weighted by Crippen LogP contribution is 2.34. The molecule has 2 nitrogen and oxygen atoms in total. The molecule has 0 aliphatic heterocycles. The van der Waals surface area contributed by atoms with E-state index in [2.05, 4.69) is 66.2 Å². The van der Waals surface area contributed by atoms with Crippen molar-refractivity contribution in [3.05, 3.63) is 60.8 Å². The smallest absolute Gasteiger partial charge is 0.120 e. The summed E-state index contributed by atoms with van der Waals surface area (Å²) >= 11 is 0. The van der Waals surface area contributed by atoms with Crippen molar-refractivity contribution in [3.8, 4) is 11.1 Å². The van der Waals surface area contributed by atoms with Crippen molar-refractivity contribution >= 4 is 17.2 Å². The van der Waals surface area contributed by atoms with Crippen molar-refractivity contribution < 1.29 is 4.79 Å². The van der Waals surface area contributed by atoms with E-state index in [9.17, 15) is 4.79 Å². The zero-order valence-electron chi connectivity index (χ0n) is 12.9. The molecule has 1 heterocycles. The zero-order chi connectivity index (χ0) is 15.4. The van der Waals surface area contributed by atoms with E-state index < -0.39 is 0 Å². The lowest BCUT2D eigenvalue weighted by Crippen LogP contribution is -2.06. The molecule has 0 saturated heterocycles. The van der Waals surface area contributed by atoms with E-state index in [1.54, 1.807) is 0 Å². The van der Waals surface area contributed by atoms with E-state index in [4.69, 9.17) is 0 Å². The summed E-state index contributed by atoms with van der Waals surface area (Å²) in [7, 11) is 0. The zero-order valence-corrected chi connectivity index (χ0v) is 12.9. The van der Waals surface area contributed by atoms with Crippen molar-refractivity contribution in [2.75, 3.05) is 0 Å². The molecule has 0 N–H and O–H groups in total. The number of carbonyl (C=O) groups excluding carboxylic acids is 1. The van der Waals surface area contributed by atoms with Gasteiger partial charge < -0.3 is 9.36 Å². The third kappa shape index (κ3) is 2.69. The highest BCUT2D eigenvalue weighted by Gasteiger charge is 2.15. The summed E-state index contributed by atoms with van der Waals surface area (Å²) in [6, 6.07) is 19.4. The van der Waals surface area contributed by atoms with E-state index >= 15 is 0 Å². The number of benzene rings is 2. The molecular formula is C20H21NO. The van der Waals surface area contributed by atoms with Gasteiger partial charge in [-0.1, -0.05) is 55.5 Å². The van der Waals surface area contributed by atoms with Gasteiger partial charge in [-0.25, -0.2) is 0 Å². The van der Waals surface area contributed by atoms with Crippen LogP contribution in [0, 0.1) is 0 Å². The molecule has 0 radical (unpaired) electrons. The first kappa shape index (κ1) is 14.6. The summed E-state index contributed by atoms with van der Waals surface area (Å²) in [5, 5.41) is 1.28. The maximum absolute atomic E-state index is 10.7. The number of aldehydes is 1. The Morgan fingerprint density at radius 3 is 2.50 bits per heavy atom. The molecule has 1 atom stereocenters. The lowest BCUT2D eigenvalue weighted by atomic mass is 10.1. The summed E-state index contributed by atoms with van der Waals surface area (Å²) in [6.45, 7) is 2.19. The predicted molar refractivity (Wildman–Crippen MR) is 92.0 cm³/mol. The quantitative estimate of drug-likeness (QED) is 0.569. The Morgan fingerprint density at radius 2 is 1.77 bits per heavy atom. The summed E-state index contributed by atoms with van der Waals surface area (Å²) in [5.74, 6) is 0. The average Bonchev–Trinajstić information content (AvgIpc) is 2.96.